The molecule has 29 heavy (non-hydrogen) atoms. The van der Waals surface area contributed by atoms with E-state index in [4.69, 9.17) is 0 Å². The lowest BCUT2D eigenvalue weighted by Crippen LogP contribution is -2.49. The second-order valence-corrected chi connectivity index (χ2v) is 8.71. The molecule has 6 nitrogen and oxygen atoms in total. The van der Waals surface area contributed by atoms with Gasteiger partial charge >= 0.3 is 6.03 Å². The summed E-state index contributed by atoms with van der Waals surface area (Å²) in [5.41, 5.74) is 1.53. The van der Waals surface area contributed by atoms with E-state index in [1.807, 2.05) is 12.1 Å². The van der Waals surface area contributed by atoms with Crippen molar-refractivity contribution in [2.75, 3.05) is 13.6 Å². The van der Waals surface area contributed by atoms with Crippen LogP contribution < -0.4 is 5.32 Å². The number of nitrogens with zero attached hydrogens (tertiary/aromatic N) is 2. The zero-order chi connectivity index (χ0) is 21.2. The van der Waals surface area contributed by atoms with E-state index in [1.165, 1.54) is 5.56 Å². The number of carbonyl (C=O) groups excluding carboxylic acids is 3. The SMILES string of the molecule is CCc1ccc(C(NC(=O)CN2C(=O)N(C)C3(CCCCC3)C2=O)C(C)C)cc1. The summed E-state index contributed by atoms with van der Waals surface area (Å²) >= 11 is 0. The van der Waals surface area contributed by atoms with E-state index < -0.39 is 5.54 Å². The Morgan fingerprint density at radius 2 is 1.72 bits per heavy atom. The van der Waals surface area contributed by atoms with Gasteiger partial charge in [0.2, 0.25) is 5.91 Å². The second kappa shape index (κ2) is 8.56. The third-order valence-corrected chi connectivity index (χ3v) is 6.52. The molecular formula is C23H33N3O3. The van der Waals surface area contributed by atoms with Crippen LogP contribution in [0.15, 0.2) is 24.3 Å². The van der Waals surface area contributed by atoms with Crippen LogP contribution in [-0.2, 0) is 16.0 Å². The number of hydrogen-bond donors (Lipinski definition) is 1. The van der Waals surface area contributed by atoms with Gasteiger partial charge in [-0.25, -0.2) is 4.79 Å². The van der Waals surface area contributed by atoms with Gasteiger partial charge in [0.05, 0.1) is 6.04 Å². The van der Waals surface area contributed by atoms with Gasteiger partial charge in [0.15, 0.2) is 0 Å². The van der Waals surface area contributed by atoms with Crippen LogP contribution >= 0.6 is 0 Å². The van der Waals surface area contributed by atoms with Crippen LogP contribution in [0.2, 0.25) is 0 Å². The number of rotatable bonds is 6. The zero-order valence-corrected chi connectivity index (χ0v) is 18.0. The van der Waals surface area contributed by atoms with Crippen molar-refractivity contribution in [3.05, 3.63) is 35.4 Å². The van der Waals surface area contributed by atoms with Gasteiger partial charge in [-0.15, -0.1) is 0 Å². The Balaban J connectivity index is 1.71. The molecule has 0 aromatic heterocycles. The molecule has 1 spiro atoms. The van der Waals surface area contributed by atoms with Gasteiger partial charge in [0.25, 0.3) is 5.91 Å². The average molecular weight is 400 g/mol. The van der Waals surface area contributed by atoms with Gasteiger partial charge in [-0.2, -0.15) is 0 Å². The molecule has 1 aliphatic carbocycles. The highest BCUT2D eigenvalue weighted by Crippen LogP contribution is 2.39. The van der Waals surface area contributed by atoms with Crippen molar-refractivity contribution in [3.63, 3.8) is 0 Å². The summed E-state index contributed by atoms with van der Waals surface area (Å²) < 4.78 is 0. The number of urea groups is 1. The quantitative estimate of drug-likeness (QED) is 0.742. The number of likely N-dealkylation sites (N-methyl/N-ethyl adjacent to an activating group) is 1. The maximum Gasteiger partial charge on any atom is 0.327 e. The monoisotopic (exact) mass is 399 g/mol. The highest BCUT2D eigenvalue weighted by molar-refractivity contribution is 6.09. The molecule has 3 rings (SSSR count). The van der Waals surface area contributed by atoms with Gasteiger partial charge in [-0.05, 0) is 36.3 Å². The van der Waals surface area contributed by atoms with Crippen LogP contribution in [0.25, 0.3) is 0 Å². The van der Waals surface area contributed by atoms with E-state index in [1.54, 1.807) is 11.9 Å². The number of nitrogens with one attached hydrogen (secondary N) is 1. The minimum atomic E-state index is -0.747. The molecular weight excluding hydrogens is 366 g/mol. The molecule has 1 aromatic carbocycles. The summed E-state index contributed by atoms with van der Waals surface area (Å²) in [5.74, 6) is -0.330. The first kappa shape index (κ1) is 21.3. The molecule has 1 heterocycles. The minimum Gasteiger partial charge on any atom is -0.347 e. The Bertz CT molecular complexity index is 766. The minimum absolute atomic E-state index is 0.164. The Hall–Kier alpha value is -2.37. The Morgan fingerprint density at radius 3 is 2.28 bits per heavy atom. The van der Waals surface area contributed by atoms with Gasteiger partial charge in [0, 0.05) is 7.05 Å². The summed E-state index contributed by atoms with van der Waals surface area (Å²) in [4.78, 5) is 41.3. The number of imide groups is 1. The largest absolute Gasteiger partial charge is 0.347 e. The summed E-state index contributed by atoms with van der Waals surface area (Å²) in [7, 11) is 1.69. The highest BCUT2D eigenvalue weighted by atomic mass is 16.2. The van der Waals surface area contributed by atoms with Crippen LogP contribution in [0.4, 0.5) is 4.79 Å². The van der Waals surface area contributed by atoms with Crippen molar-refractivity contribution >= 4 is 17.8 Å². The first-order valence-corrected chi connectivity index (χ1v) is 10.8. The Morgan fingerprint density at radius 1 is 1.10 bits per heavy atom. The van der Waals surface area contributed by atoms with Gasteiger partial charge in [0.1, 0.15) is 12.1 Å². The number of amides is 4. The first-order chi connectivity index (χ1) is 13.8. The molecule has 1 aliphatic heterocycles. The number of carbonyl (C=O) groups is 3. The number of aryl methyl sites for hydroxylation is 1. The van der Waals surface area contributed by atoms with Crippen LogP contribution in [0.3, 0.4) is 0 Å². The average Bonchev–Trinajstić information content (AvgIpc) is 2.89. The fourth-order valence-electron chi connectivity index (χ4n) is 4.63. The highest BCUT2D eigenvalue weighted by Gasteiger charge is 2.55. The molecule has 1 atom stereocenters. The van der Waals surface area contributed by atoms with E-state index in [0.29, 0.717) is 12.8 Å². The Labute approximate surface area is 173 Å². The van der Waals surface area contributed by atoms with Crippen molar-refractivity contribution < 1.29 is 14.4 Å². The van der Waals surface area contributed by atoms with Crippen LogP contribution in [0, 0.1) is 5.92 Å². The normalized spacial score (nSPS) is 19.9. The van der Waals surface area contributed by atoms with Crippen molar-refractivity contribution in [1.82, 2.24) is 15.1 Å². The number of hydrogen-bond acceptors (Lipinski definition) is 3. The van der Waals surface area contributed by atoms with Crippen LogP contribution in [-0.4, -0.2) is 46.8 Å². The van der Waals surface area contributed by atoms with Crippen molar-refractivity contribution in [1.29, 1.82) is 0 Å². The van der Waals surface area contributed by atoms with Gasteiger partial charge < -0.3 is 10.2 Å². The van der Waals surface area contributed by atoms with E-state index in [0.717, 1.165) is 36.1 Å². The van der Waals surface area contributed by atoms with E-state index in [9.17, 15) is 14.4 Å². The van der Waals surface area contributed by atoms with Gasteiger partial charge in [-0.1, -0.05) is 64.3 Å². The second-order valence-electron chi connectivity index (χ2n) is 8.71. The molecule has 4 amide bonds. The fourth-order valence-corrected chi connectivity index (χ4v) is 4.63. The maximum atomic E-state index is 13.1. The molecule has 6 heteroatoms. The predicted molar refractivity (Wildman–Crippen MR) is 112 cm³/mol. The Kier molecular flexibility index (Phi) is 6.30. The molecule has 1 saturated heterocycles. The van der Waals surface area contributed by atoms with Crippen molar-refractivity contribution in [3.8, 4) is 0 Å². The lowest BCUT2D eigenvalue weighted by molar-refractivity contribution is -0.137. The zero-order valence-electron chi connectivity index (χ0n) is 18.0. The van der Waals surface area contributed by atoms with E-state index in [2.05, 4.69) is 38.2 Å². The third-order valence-electron chi connectivity index (χ3n) is 6.52. The fraction of sp³-hybridized carbons (Fsp3) is 0.609. The summed E-state index contributed by atoms with van der Waals surface area (Å²) in [6.07, 6.45) is 5.30. The summed E-state index contributed by atoms with van der Waals surface area (Å²) in [6, 6.07) is 7.71. The van der Waals surface area contributed by atoms with Crippen molar-refractivity contribution in [2.45, 2.75) is 70.9 Å². The molecule has 0 radical (unpaired) electrons. The summed E-state index contributed by atoms with van der Waals surface area (Å²) in [5, 5.41) is 3.04. The van der Waals surface area contributed by atoms with Crippen molar-refractivity contribution in [2.24, 2.45) is 5.92 Å². The molecule has 2 aliphatic rings. The van der Waals surface area contributed by atoms with Crippen LogP contribution in [0.5, 0.6) is 0 Å². The first-order valence-electron chi connectivity index (χ1n) is 10.8. The third kappa shape index (κ3) is 4.02. The lowest BCUT2D eigenvalue weighted by Gasteiger charge is -2.35. The molecule has 1 aromatic rings. The molecule has 158 valence electrons. The number of benzene rings is 1. The lowest BCUT2D eigenvalue weighted by atomic mass is 9.81. The predicted octanol–water partition coefficient (Wildman–Crippen LogP) is 3.66. The maximum absolute atomic E-state index is 13.1. The molecule has 0 bridgehead atoms. The van der Waals surface area contributed by atoms with E-state index in [-0.39, 0.29) is 36.3 Å². The van der Waals surface area contributed by atoms with Gasteiger partial charge in [-0.3, -0.25) is 14.5 Å². The molecule has 1 saturated carbocycles. The van der Waals surface area contributed by atoms with Crippen LogP contribution in [0.1, 0.15) is 70.0 Å². The van der Waals surface area contributed by atoms with E-state index >= 15 is 0 Å². The smallest absolute Gasteiger partial charge is 0.327 e. The molecule has 1 N–H and O–H groups in total. The summed E-state index contributed by atoms with van der Waals surface area (Å²) in [6.45, 7) is 5.99. The standard InChI is InChI=1S/C23H33N3O3/c1-5-17-9-11-18(12-10-17)20(16(2)3)24-19(27)15-26-21(28)23(25(4)22(26)29)13-7-6-8-14-23/h9-12,16,20H,5-8,13-15H2,1-4H3,(H,24,27). The topological polar surface area (TPSA) is 69.7 Å². The molecule has 2 fully saturated rings. The molecule has 1 unspecified atom stereocenters.